The summed E-state index contributed by atoms with van der Waals surface area (Å²) >= 11 is 3.46. The third-order valence-corrected chi connectivity index (χ3v) is 3.16. The number of nitrogens with zero attached hydrogens (tertiary/aromatic N) is 2. The lowest BCUT2D eigenvalue weighted by Crippen LogP contribution is -2.17. The van der Waals surface area contributed by atoms with E-state index in [4.69, 9.17) is 15.0 Å². The number of rotatable bonds is 4. The fourth-order valence-electron chi connectivity index (χ4n) is 1.55. The molecule has 1 aromatic heterocycles. The highest BCUT2D eigenvalue weighted by Gasteiger charge is 2.16. The predicted molar refractivity (Wildman–Crippen MR) is 71.0 cm³/mol. The average Bonchev–Trinajstić information content (AvgIpc) is 2.82. The summed E-state index contributed by atoms with van der Waals surface area (Å²) in [6.07, 6.45) is 0. The lowest BCUT2D eigenvalue weighted by Gasteiger charge is -2.03. The van der Waals surface area contributed by atoms with Crippen LogP contribution >= 0.6 is 15.9 Å². The minimum atomic E-state index is -0.379. The van der Waals surface area contributed by atoms with Gasteiger partial charge in [0.15, 0.2) is 5.82 Å². The van der Waals surface area contributed by atoms with Crippen molar-refractivity contribution in [2.45, 2.75) is 13.0 Å². The van der Waals surface area contributed by atoms with Crippen molar-refractivity contribution in [3.63, 3.8) is 0 Å². The molecule has 6 heteroatoms. The molecule has 1 aromatic carbocycles. The lowest BCUT2D eigenvalue weighted by molar-refractivity contribution is 0.177. The van der Waals surface area contributed by atoms with Crippen molar-refractivity contribution >= 4 is 15.9 Å². The summed E-state index contributed by atoms with van der Waals surface area (Å²) in [5.41, 5.74) is 7.82. The summed E-state index contributed by atoms with van der Waals surface area (Å²) in [6, 6.07) is 5.55. The number of aryl methyl sites for hydroxylation is 1. The number of benzene rings is 1. The minimum Gasteiger partial charge on any atom is -0.383 e. The van der Waals surface area contributed by atoms with Crippen LogP contribution in [0.25, 0.3) is 11.5 Å². The van der Waals surface area contributed by atoms with Crippen molar-refractivity contribution in [1.82, 2.24) is 10.1 Å². The Labute approximate surface area is 113 Å². The molecule has 0 saturated heterocycles. The first kappa shape index (κ1) is 13.2. The highest BCUT2D eigenvalue weighted by Crippen LogP contribution is 2.28. The fourth-order valence-corrected chi connectivity index (χ4v) is 1.97. The molecule has 0 fully saturated rings. The van der Waals surface area contributed by atoms with Crippen LogP contribution < -0.4 is 5.73 Å². The molecule has 1 unspecified atom stereocenters. The van der Waals surface area contributed by atoms with Gasteiger partial charge >= 0.3 is 0 Å². The first-order valence-corrected chi connectivity index (χ1v) is 6.25. The number of methoxy groups -OCH3 is 1. The van der Waals surface area contributed by atoms with Crippen LogP contribution in [-0.2, 0) is 4.74 Å². The Morgan fingerprint density at radius 2 is 2.28 bits per heavy atom. The van der Waals surface area contributed by atoms with Crippen LogP contribution in [0.3, 0.4) is 0 Å². The Morgan fingerprint density at radius 1 is 1.50 bits per heavy atom. The molecule has 5 nitrogen and oxygen atoms in total. The highest BCUT2D eigenvalue weighted by molar-refractivity contribution is 9.10. The van der Waals surface area contributed by atoms with E-state index in [0.29, 0.717) is 18.3 Å². The molecule has 1 heterocycles. The number of halogens is 1. The van der Waals surface area contributed by atoms with Gasteiger partial charge in [-0.25, -0.2) is 0 Å². The van der Waals surface area contributed by atoms with Crippen LogP contribution in [0.4, 0.5) is 0 Å². The first-order valence-electron chi connectivity index (χ1n) is 5.46. The average molecular weight is 312 g/mol. The molecule has 2 aromatic rings. The van der Waals surface area contributed by atoms with Gasteiger partial charge < -0.3 is 15.0 Å². The molecule has 0 radical (unpaired) electrons. The summed E-state index contributed by atoms with van der Waals surface area (Å²) in [5, 5.41) is 3.87. The highest BCUT2D eigenvalue weighted by atomic mass is 79.9. The van der Waals surface area contributed by atoms with Crippen LogP contribution in [0.15, 0.2) is 27.2 Å². The van der Waals surface area contributed by atoms with Gasteiger partial charge in [-0.05, 0) is 35.0 Å². The topological polar surface area (TPSA) is 74.2 Å². The number of ether oxygens (including phenoxy) is 1. The predicted octanol–water partition coefficient (Wildman–Crippen LogP) is 2.45. The van der Waals surface area contributed by atoms with E-state index in [-0.39, 0.29) is 6.04 Å². The second-order valence-corrected chi connectivity index (χ2v) is 4.86. The van der Waals surface area contributed by atoms with E-state index in [2.05, 4.69) is 26.1 Å². The second-order valence-electron chi connectivity index (χ2n) is 4.00. The minimum absolute atomic E-state index is 0.355. The molecule has 2 N–H and O–H groups in total. The van der Waals surface area contributed by atoms with Crippen molar-refractivity contribution < 1.29 is 9.26 Å². The van der Waals surface area contributed by atoms with E-state index in [1.807, 2.05) is 25.1 Å². The van der Waals surface area contributed by atoms with Gasteiger partial charge in [0.1, 0.15) is 0 Å². The maximum atomic E-state index is 5.84. The first-order chi connectivity index (χ1) is 8.61. The van der Waals surface area contributed by atoms with E-state index in [9.17, 15) is 0 Å². The van der Waals surface area contributed by atoms with E-state index in [1.165, 1.54) is 0 Å². The van der Waals surface area contributed by atoms with E-state index < -0.39 is 0 Å². The van der Waals surface area contributed by atoms with E-state index >= 15 is 0 Å². The van der Waals surface area contributed by atoms with E-state index in [0.717, 1.165) is 15.6 Å². The fraction of sp³-hybridized carbons (Fsp3) is 0.333. The Balaban J connectivity index is 2.32. The second kappa shape index (κ2) is 5.60. The zero-order valence-electron chi connectivity index (χ0n) is 10.2. The lowest BCUT2D eigenvalue weighted by atomic mass is 10.1. The Bertz CT molecular complexity index is 542. The molecule has 18 heavy (non-hydrogen) atoms. The molecule has 0 aliphatic carbocycles. The zero-order chi connectivity index (χ0) is 13.1. The molecule has 0 spiro atoms. The SMILES string of the molecule is COCC(N)c1noc(-c2cc(C)ccc2Br)n1. The number of aromatic nitrogens is 2. The van der Waals surface area contributed by atoms with Crippen LogP contribution in [0.1, 0.15) is 17.4 Å². The van der Waals surface area contributed by atoms with E-state index in [1.54, 1.807) is 7.11 Å². The van der Waals surface area contributed by atoms with Crippen LogP contribution in [0, 0.1) is 6.92 Å². The number of hydrogen-bond acceptors (Lipinski definition) is 5. The van der Waals surface area contributed by atoms with Gasteiger partial charge in [-0.1, -0.05) is 16.8 Å². The maximum absolute atomic E-state index is 5.84. The molecule has 0 amide bonds. The van der Waals surface area contributed by atoms with Crippen LogP contribution in [0.5, 0.6) is 0 Å². The molecule has 1 atom stereocenters. The molecule has 0 bridgehead atoms. The smallest absolute Gasteiger partial charge is 0.259 e. The third-order valence-electron chi connectivity index (χ3n) is 2.47. The monoisotopic (exact) mass is 311 g/mol. The van der Waals surface area contributed by atoms with Crippen molar-refractivity contribution in [3.8, 4) is 11.5 Å². The standard InChI is InChI=1S/C12H14BrN3O2/c1-7-3-4-9(13)8(5-7)12-15-11(16-18-12)10(14)6-17-2/h3-5,10H,6,14H2,1-2H3. The van der Waals surface area contributed by atoms with Crippen molar-refractivity contribution in [3.05, 3.63) is 34.1 Å². The molecule has 96 valence electrons. The number of hydrogen-bond donors (Lipinski definition) is 1. The normalized spacial score (nSPS) is 12.7. The molecule has 2 rings (SSSR count). The summed E-state index contributed by atoms with van der Waals surface area (Å²) in [5.74, 6) is 0.896. The molecule has 0 aliphatic rings. The van der Waals surface area contributed by atoms with Crippen molar-refractivity contribution in [2.24, 2.45) is 5.73 Å². The summed E-state index contributed by atoms with van der Waals surface area (Å²) in [7, 11) is 1.58. The largest absolute Gasteiger partial charge is 0.383 e. The third kappa shape index (κ3) is 2.77. The maximum Gasteiger partial charge on any atom is 0.259 e. The van der Waals surface area contributed by atoms with Gasteiger partial charge in [0, 0.05) is 11.6 Å². The Morgan fingerprint density at radius 3 is 3.00 bits per heavy atom. The number of nitrogens with two attached hydrogens (primary N) is 1. The van der Waals surface area contributed by atoms with Gasteiger partial charge in [0.2, 0.25) is 0 Å². The Hall–Kier alpha value is -1.24. The van der Waals surface area contributed by atoms with Crippen LogP contribution in [0.2, 0.25) is 0 Å². The van der Waals surface area contributed by atoms with Gasteiger partial charge in [-0.15, -0.1) is 0 Å². The van der Waals surface area contributed by atoms with Crippen LogP contribution in [-0.4, -0.2) is 23.9 Å². The molecular weight excluding hydrogens is 298 g/mol. The van der Waals surface area contributed by atoms with Crippen molar-refractivity contribution in [2.75, 3.05) is 13.7 Å². The quantitative estimate of drug-likeness (QED) is 0.938. The zero-order valence-corrected chi connectivity index (χ0v) is 11.8. The Kier molecular flexibility index (Phi) is 4.11. The van der Waals surface area contributed by atoms with Crippen molar-refractivity contribution in [1.29, 1.82) is 0 Å². The summed E-state index contributed by atoms with van der Waals surface area (Å²) in [4.78, 5) is 4.29. The molecule has 0 aliphatic heterocycles. The van der Waals surface area contributed by atoms with Gasteiger partial charge in [0.05, 0.1) is 18.2 Å². The summed E-state index contributed by atoms with van der Waals surface area (Å²) in [6.45, 7) is 2.36. The molecular formula is C12H14BrN3O2. The van der Waals surface area contributed by atoms with Gasteiger partial charge in [-0.3, -0.25) is 0 Å². The molecule has 0 saturated carbocycles. The summed E-state index contributed by atoms with van der Waals surface area (Å²) < 4.78 is 11.1. The van der Waals surface area contributed by atoms with Gasteiger partial charge in [-0.2, -0.15) is 4.98 Å². The van der Waals surface area contributed by atoms with Gasteiger partial charge in [0.25, 0.3) is 5.89 Å².